The van der Waals surface area contributed by atoms with E-state index < -0.39 is 11.9 Å². The maximum Gasteiger partial charge on any atom is 0.347 e. The van der Waals surface area contributed by atoms with E-state index in [0.29, 0.717) is 29.7 Å². The van der Waals surface area contributed by atoms with Gasteiger partial charge in [0.25, 0.3) is 0 Å². The molecule has 170 valence electrons. The lowest BCUT2D eigenvalue weighted by molar-refractivity contribution is -0.149. The number of aryl methyl sites for hydroxylation is 1. The molecule has 0 amide bonds. The van der Waals surface area contributed by atoms with Gasteiger partial charge in [0, 0.05) is 52.5 Å². The van der Waals surface area contributed by atoms with Crippen LogP contribution in [-0.2, 0) is 36.8 Å². The van der Waals surface area contributed by atoms with Crippen molar-refractivity contribution >= 4 is 50.9 Å². The van der Waals surface area contributed by atoms with Crippen molar-refractivity contribution in [3.63, 3.8) is 0 Å². The highest BCUT2D eigenvalue weighted by Crippen LogP contribution is 2.44. The van der Waals surface area contributed by atoms with Crippen molar-refractivity contribution in [3.05, 3.63) is 71.6 Å². The number of furan rings is 1. The Balaban J connectivity index is 1.59. The second kappa shape index (κ2) is 7.73. The molecule has 0 bridgehead atoms. The quantitative estimate of drug-likeness (QED) is 0.332. The molecular formula is C27H21NO6. The van der Waals surface area contributed by atoms with Crippen molar-refractivity contribution in [3.8, 4) is 0 Å². The monoisotopic (exact) mass is 455 g/mol. The number of cyclic esters (lactones) is 2. The maximum atomic E-state index is 13.1. The van der Waals surface area contributed by atoms with Crippen molar-refractivity contribution in [2.75, 3.05) is 6.61 Å². The van der Waals surface area contributed by atoms with Crippen LogP contribution in [0.5, 0.6) is 0 Å². The van der Waals surface area contributed by atoms with Gasteiger partial charge in [-0.05, 0) is 25.0 Å². The minimum absolute atomic E-state index is 0.117. The molecule has 0 spiro atoms. The normalized spacial score (nSPS) is 18.0. The standard InChI is InChI=1S/C27H21NO6/c1-15(29)32-13-16-10-11-28-20-8-4-2-7-18(20)23(21(28)12-16)25-24(26(30)34-27(25)31)19-14-33-22-9-5-3-6-17(19)22/h2-9,14,16H,10-13H2,1H3. The fourth-order valence-electron chi connectivity index (χ4n) is 5.20. The number of esters is 3. The van der Waals surface area contributed by atoms with Gasteiger partial charge in [-0.15, -0.1) is 0 Å². The van der Waals surface area contributed by atoms with E-state index in [1.54, 1.807) is 0 Å². The van der Waals surface area contributed by atoms with E-state index in [1.165, 1.54) is 13.2 Å². The Hall–Kier alpha value is -4.13. The first kappa shape index (κ1) is 20.5. The van der Waals surface area contributed by atoms with Gasteiger partial charge in [0.15, 0.2) is 0 Å². The lowest BCUT2D eigenvalue weighted by atomic mass is 9.89. The molecule has 7 heteroatoms. The Morgan fingerprint density at radius 3 is 2.59 bits per heavy atom. The number of ether oxygens (including phenoxy) is 2. The van der Waals surface area contributed by atoms with Crippen molar-refractivity contribution in [1.82, 2.24) is 4.57 Å². The highest BCUT2D eigenvalue weighted by Gasteiger charge is 2.40. The van der Waals surface area contributed by atoms with Crippen LogP contribution in [0.3, 0.4) is 0 Å². The van der Waals surface area contributed by atoms with Crippen LogP contribution in [0.25, 0.3) is 33.0 Å². The molecule has 4 aromatic rings. The highest BCUT2D eigenvalue weighted by molar-refractivity contribution is 6.47. The van der Waals surface area contributed by atoms with Gasteiger partial charge in [0.2, 0.25) is 0 Å². The third-order valence-corrected chi connectivity index (χ3v) is 6.69. The molecule has 1 unspecified atom stereocenters. The number of carbonyl (C=O) groups is 3. The van der Waals surface area contributed by atoms with Gasteiger partial charge in [-0.1, -0.05) is 36.4 Å². The van der Waals surface area contributed by atoms with Crippen molar-refractivity contribution in [2.45, 2.75) is 26.3 Å². The molecule has 0 aliphatic carbocycles. The summed E-state index contributed by atoms with van der Waals surface area (Å²) in [5, 5.41) is 1.63. The average molecular weight is 455 g/mol. The number of carbonyl (C=O) groups excluding carboxylic acids is 3. The van der Waals surface area contributed by atoms with E-state index >= 15 is 0 Å². The molecule has 4 heterocycles. The van der Waals surface area contributed by atoms with Gasteiger partial charge >= 0.3 is 17.9 Å². The summed E-state index contributed by atoms with van der Waals surface area (Å²) in [7, 11) is 0. The molecule has 0 fully saturated rings. The molecule has 2 aromatic carbocycles. The van der Waals surface area contributed by atoms with Crippen LogP contribution in [0.4, 0.5) is 0 Å². The Morgan fingerprint density at radius 2 is 1.76 bits per heavy atom. The smallest absolute Gasteiger partial charge is 0.347 e. The molecule has 0 saturated carbocycles. The predicted octanol–water partition coefficient (Wildman–Crippen LogP) is 4.51. The molecule has 2 aliphatic heterocycles. The SMILES string of the molecule is CC(=O)OCC1CCn2c(c(C3=C(c4coc5ccccc45)C(=O)OC3=O)c3ccccc32)C1. The van der Waals surface area contributed by atoms with E-state index in [1.807, 2.05) is 48.5 Å². The van der Waals surface area contributed by atoms with Crippen LogP contribution in [0, 0.1) is 5.92 Å². The largest absolute Gasteiger partial charge is 0.466 e. The number of hydrogen-bond donors (Lipinski definition) is 0. The topological polar surface area (TPSA) is 87.7 Å². The number of hydrogen-bond acceptors (Lipinski definition) is 6. The minimum Gasteiger partial charge on any atom is -0.466 e. The number of fused-ring (bicyclic) bond motifs is 4. The van der Waals surface area contributed by atoms with E-state index in [-0.39, 0.29) is 23.0 Å². The zero-order valence-corrected chi connectivity index (χ0v) is 18.5. The third kappa shape index (κ3) is 3.08. The first-order valence-corrected chi connectivity index (χ1v) is 11.2. The lowest BCUT2D eigenvalue weighted by Gasteiger charge is -2.25. The van der Waals surface area contributed by atoms with E-state index in [2.05, 4.69) is 4.57 Å². The fraction of sp³-hybridized carbons (Fsp3) is 0.222. The summed E-state index contributed by atoms with van der Waals surface area (Å²) in [4.78, 5) is 37.5. The third-order valence-electron chi connectivity index (χ3n) is 6.69. The second-order valence-corrected chi connectivity index (χ2v) is 8.72. The van der Waals surface area contributed by atoms with Crippen molar-refractivity contribution < 1.29 is 28.3 Å². The Kier molecular flexibility index (Phi) is 4.65. The number of aromatic nitrogens is 1. The highest BCUT2D eigenvalue weighted by atomic mass is 16.6. The number of para-hydroxylation sites is 2. The van der Waals surface area contributed by atoms with Crippen molar-refractivity contribution in [1.29, 1.82) is 0 Å². The first-order valence-electron chi connectivity index (χ1n) is 11.2. The van der Waals surface area contributed by atoms with Crippen LogP contribution in [0.15, 0.2) is 59.2 Å². The molecule has 0 radical (unpaired) electrons. The van der Waals surface area contributed by atoms with Gasteiger partial charge in [-0.2, -0.15) is 0 Å². The van der Waals surface area contributed by atoms with E-state index in [0.717, 1.165) is 34.9 Å². The van der Waals surface area contributed by atoms with Crippen LogP contribution < -0.4 is 0 Å². The van der Waals surface area contributed by atoms with Crippen molar-refractivity contribution in [2.24, 2.45) is 5.92 Å². The summed E-state index contributed by atoms with van der Waals surface area (Å²) in [6.45, 7) is 2.44. The van der Waals surface area contributed by atoms with Gasteiger partial charge in [0.1, 0.15) is 5.58 Å². The molecule has 1 atom stereocenters. The number of rotatable bonds is 4. The molecule has 7 nitrogen and oxygen atoms in total. The lowest BCUT2D eigenvalue weighted by Crippen LogP contribution is -2.24. The Bertz CT molecular complexity index is 1540. The van der Waals surface area contributed by atoms with Gasteiger partial charge < -0.3 is 18.5 Å². The molecule has 2 aromatic heterocycles. The molecule has 6 rings (SSSR count). The Labute approximate surface area is 194 Å². The van der Waals surface area contributed by atoms with E-state index in [9.17, 15) is 14.4 Å². The zero-order valence-electron chi connectivity index (χ0n) is 18.5. The van der Waals surface area contributed by atoms with Crippen LogP contribution in [-0.4, -0.2) is 29.1 Å². The van der Waals surface area contributed by atoms with Gasteiger partial charge in [0.05, 0.1) is 24.0 Å². The van der Waals surface area contributed by atoms with E-state index in [4.69, 9.17) is 13.9 Å². The molecule has 34 heavy (non-hydrogen) atoms. The van der Waals surface area contributed by atoms with Crippen LogP contribution >= 0.6 is 0 Å². The van der Waals surface area contributed by atoms with Crippen LogP contribution in [0.2, 0.25) is 0 Å². The minimum atomic E-state index is -0.678. The predicted molar refractivity (Wildman–Crippen MR) is 125 cm³/mol. The fourth-order valence-corrected chi connectivity index (χ4v) is 5.20. The molecule has 0 N–H and O–H groups in total. The van der Waals surface area contributed by atoms with Gasteiger partial charge in [-0.3, -0.25) is 4.79 Å². The Morgan fingerprint density at radius 1 is 1.03 bits per heavy atom. The summed E-state index contributed by atoms with van der Waals surface area (Å²) in [5.74, 6) is -1.53. The van der Waals surface area contributed by atoms with Crippen LogP contribution in [0.1, 0.15) is 30.2 Å². The zero-order chi connectivity index (χ0) is 23.4. The number of benzene rings is 2. The number of nitrogens with zero attached hydrogens (tertiary/aromatic N) is 1. The summed E-state index contributed by atoms with van der Waals surface area (Å²) in [6.07, 6.45) is 2.97. The summed E-state index contributed by atoms with van der Waals surface area (Å²) in [6, 6.07) is 15.2. The first-order chi connectivity index (χ1) is 16.5. The maximum absolute atomic E-state index is 13.1. The second-order valence-electron chi connectivity index (χ2n) is 8.72. The average Bonchev–Trinajstić information content (AvgIpc) is 3.48. The summed E-state index contributed by atoms with van der Waals surface area (Å²) in [5.41, 5.74) is 4.29. The molecule has 2 aliphatic rings. The molecule has 0 saturated heterocycles. The summed E-state index contributed by atoms with van der Waals surface area (Å²) >= 11 is 0. The molecular weight excluding hydrogens is 434 g/mol. The van der Waals surface area contributed by atoms with Gasteiger partial charge in [-0.25, -0.2) is 9.59 Å². The summed E-state index contributed by atoms with van der Waals surface area (Å²) < 4.78 is 18.3.